The number of aliphatic hydroxyl groups is 1. The third kappa shape index (κ3) is 5.75. The van der Waals surface area contributed by atoms with Crippen LogP contribution in [0.3, 0.4) is 0 Å². The van der Waals surface area contributed by atoms with Crippen LogP contribution in [-0.2, 0) is 24.6 Å². The lowest BCUT2D eigenvalue weighted by molar-refractivity contribution is -0.132. The SMILES string of the molecule is CC(C)(C)c1cc(N2C(=O)C(=O)C(=C(O)c3cccc(NC(=O)/C=C\C(=O)O)c3)C2c2ccc(Cl)cc2)no1. The molecule has 2 heterocycles. The summed E-state index contributed by atoms with van der Waals surface area (Å²) in [5, 5.41) is 27.0. The highest BCUT2D eigenvalue weighted by Crippen LogP contribution is 2.43. The van der Waals surface area contributed by atoms with Crippen LogP contribution in [0.5, 0.6) is 0 Å². The van der Waals surface area contributed by atoms with Crippen LogP contribution in [-0.4, -0.2) is 38.9 Å². The maximum atomic E-state index is 13.3. The highest BCUT2D eigenvalue weighted by Gasteiger charge is 2.48. The van der Waals surface area contributed by atoms with Gasteiger partial charge in [0.2, 0.25) is 5.91 Å². The molecule has 4 rings (SSSR count). The molecule has 2 aromatic carbocycles. The van der Waals surface area contributed by atoms with Gasteiger partial charge in [-0.1, -0.05) is 61.8 Å². The molecule has 1 aromatic heterocycles. The first-order valence-corrected chi connectivity index (χ1v) is 12.1. The molecule has 1 saturated heterocycles. The number of benzene rings is 2. The second-order valence-electron chi connectivity index (χ2n) is 9.76. The number of hydrogen-bond acceptors (Lipinski definition) is 7. The highest BCUT2D eigenvalue weighted by molar-refractivity contribution is 6.51. The van der Waals surface area contributed by atoms with Crippen LogP contribution in [0, 0.1) is 0 Å². The summed E-state index contributed by atoms with van der Waals surface area (Å²) >= 11 is 6.07. The van der Waals surface area contributed by atoms with E-state index in [9.17, 15) is 24.3 Å². The molecule has 1 unspecified atom stereocenters. The molecule has 0 spiro atoms. The van der Waals surface area contributed by atoms with Crippen molar-refractivity contribution in [2.45, 2.75) is 32.2 Å². The molecule has 0 bridgehead atoms. The van der Waals surface area contributed by atoms with E-state index in [2.05, 4.69) is 10.5 Å². The molecule has 11 heteroatoms. The Bertz CT molecular complexity index is 1530. The molecule has 1 aliphatic rings. The zero-order valence-corrected chi connectivity index (χ0v) is 21.9. The summed E-state index contributed by atoms with van der Waals surface area (Å²) in [6.07, 6.45) is 1.52. The Morgan fingerprint density at radius 3 is 2.36 bits per heavy atom. The molecule has 0 radical (unpaired) electrons. The second kappa shape index (κ2) is 10.6. The number of hydrogen-bond donors (Lipinski definition) is 3. The minimum atomic E-state index is -1.29. The molecule has 39 heavy (non-hydrogen) atoms. The minimum absolute atomic E-state index is 0.104. The predicted molar refractivity (Wildman–Crippen MR) is 143 cm³/mol. The molecule has 1 fully saturated rings. The smallest absolute Gasteiger partial charge is 0.328 e. The van der Waals surface area contributed by atoms with Crippen LogP contribution in [0.2, 0.25) is 5.02 Å². The summed E-state index contributed by atoms with van der Waals surface area (Å²) in [5.74, 6) is -3.72. The Labute approximate surface area is 228 Å². The number of halogens is 1. The first-order valence-electron chi connectivity index (χ1n) is 11.7. The van der Waals surface area contributed by atoms with Crippen molar-refractivity contribution in [2.75, 3.05) is 10.2 Å². The Balaban J connectivity index is 1.81. The number of aliphatic carboxylic acids is 1. The summed E-state index contributed by atoms with van der Waals surface area (Å²) in [6, 6.07) is 12.9. The number of carboxylic acids is 1. The van der Waals surface area contributed by atoms with Crippen molar-refractivity contribution in [3.8, 4) is 0 Å². The summed E-state index contributed by atoms with van der Waals surface area (Å²) in [6.45, 7) is 5.72. The van der Waals surface area contributed by atoms with Crippen molar-refractivity contribution in [1.29, 1.82) is 0 Å². The zero-order valence-electron chi connectivity index (χ0n) is 21.1. The molecule has 3 aromatic rings. The van der Waals surface area contributed by atoms with Gasteiger partial charge in [0.05, 0.1) is 11.6 Å². The number of aromatic nitrogens is 1. The van der Waals surface area contributed by atoms with Gasteiger partial charge in [-0.05, 0) is 29.8 Å². The van der Waals surface area contributed by atoms with Gasteiger partial charge in [-0.25, -0.2) is 4.79 Å². The zero-order chi connectivity index (χ0) is 28.5. The number of carboxylic acid groups (broad SMARTS) is 1. The average molecular weight is 550 g/mol. The van der Waals surface area contributed by atoms with E-state index in [0.29, 0.717) is 22.4 Å². The van der Waals surface area contributed by atoms with Gasteiger partial charge in [0.15, 0.2) is 5.82 Å². The van der Waals surface area contributed by atoms with E-state index in [0.717, 1.165) is 11.0 Å². The number of nitrogens with one attached hydrogen (secondary N) is 1. The van der Waals surface area contributed by atoms with Crippen molar-refractivity contribution in [1.82, 2.24) is 5.16 Å². The molecule has 200 valence electrons. The standard InChI is InChI=1S/C28H24ClN3O7/c1-28(2,3)19-14-20(31-39-19)32-24(15-7-9-17(29)10-8-15)23(26(37)27(32)38)25(36)16-5-4-6-18(13-16)30-21(33)11-12-22(34)35/h4-14,24,36H,1-3H3,(H,30,33)(H,34,35)/b12-11-,25-23?. The number of carbonyl (C=O) groups excluding carboxylic acids is 3. The number of amides is 2. The van der Waals surface area contributed by atoms with Gasteiger partial charge in [0.25, 0.3) is 5.78 Å². The maximum absolute atomic E-state index is 13.3. The molecule has 1 aliphatic heterocycles. The van der Waals surface area contributed by atoms with Gasteiger partial charge < -0.3 is 20.1 Å². The minimum Gasteiger partial charge on any atom is -0.507 e. The summed E-state index contributed by atoms with van der Waals surface area (Å²) in [5.41, 5.74) is 0.241. The van der Waals surface area contributed by atoms with Crippen LogP contribution in [0.15, 0.2) is 76.8 Å². The highest BCUT2D eigenvalue weighted by atomic mass is 35.5. The fourth-order valence-corrected chi connectivity index (χ4v) is 4.12. The number of carbonyl (C=O) groups is 4. The lowest BCUT2D eigenvalue weighted by Crippen LogP contribution is -2.29. The lowest BCUT2D eigenvalue weighted by atomic mass is 9.93. The van der Waals surface area contributed by atoms with Gasteiger partial charge in [0, 0.05) is 39.9 Å². The fourth-order valence-electron chi connectivity index (χ4n) is 3.99. The van der Waals surface area contributed by atoms with Crippen LogP contribution in [0.1, 0.15) is 43.7 Å². The van der Waals surface area contributed by atoms with Crippen LogP contribution >= 0.6 is 11.6 Å². The van der Waals surface area contributed by atoms with E-state index in [1.807, 2.05) is 20.8 Å². The van der Waals surface area contributed by atoms with E-state index in [1.165, 1.54) is 24.3 Å². The summed E-state index contributed by atoms with van der Waals surface area (Å²) in [7, 11) is 0. The number of nitrogens with zero attached hydrogens (tertiary/aromatic N) is 2. The molecule has 1 atom stereocenters. The maximum Gasteiger partial charge on any atom is 0.328 e. The third-order valence-corrected chi connectivity index (χ3v) is 6.15. The number of aliphatic hydroxyl groups excluding tert-OH is 1. The van der Waals surface area contributed by atoms with Crippen molar-refractivity contribution in [2.24, 2.45) is 0 Å². The molecule has 2 amide bonds. The average Bonchev–Trinajstić information content (AvgIpc) is 3.46. The number of rotatable bonds is 6. The normalized spacial score (nSPS) is 17.1. The Kier molecular flexibility index (Phi) is 7.42. The Morgan fingerprint density at radius 2 is 1.74 bits per heavy atom. The molecule has 10 nitrogen and oxygen atoms in total. The van der Waals surface area contributed by atoms with Gasteiger partial charge in [-0.2, -0.15) is 0 Å². The molecular formula is C28H24ClN3O7. The van der Waals surface area contributed by atoms with Crippen molar-refractivity contribution in [3.63, 3.8) is 0 Å². The van der Waals surface area contributed by atoms with E-state index in [4.69, 9.17) is 21.2 Å². The Morgan fingerprint density at radius 1 is 1.05 bits per heavy atom. The van der Waals surface area contributed by atoms with Gasteiger partial charge in [-0.3, -0.25) is 19.3 Å². The number of anilines is 2. The first kappa shape index (κ1) is 27.3. The van der Waals surface area contributed by atoms with Gasteiger partial charge in [0.1, 0.15) is 11.5 Å². The van der Waals surface area contributed by atoms with Crippen LogP contribution in [0.4, 0.5) is 11.5 Å². The molecule has 3 N–H and O–H groups in total. The van der Waals surface area contributed by atoms with Gasteiger partial charge >= 0.3 is 11.9 Å². The second-order valence-corrected chi connectivity index (χ2v) is 10.2. The van der Waals surface area contributed by atoms with Crippen LogP contribution < -0.4 is 10.2 Å². The van der Waals surface area contributed by atoms with Crippen LogP contribution in [0.25, 0.3) is 5.76 Å². The van der Waals surface area contributed by atoms with E-state index < -0.39 is 40.8 Å². The third-order valence-electron chi connectivity index (χ3n) is 5.89. The summed E-state index contributed by atoms with van der Waals surface area (Å²) in [4.78, 5) is 50.5. The Hall–Kier alpha value is -4.70. The van der Waals surface area contributed by atoms with E-state index in [1.54, 1.807) is 30.3 Å². The first-order chi connectivity index (χ1) is 18.4. The van der Waals surface area contributed by atoms with Crippen molar-refractivity contribution >= 4 is 52.4 Å². The monoisotopic (exact) mass is 549 g/mol. The van der Waals surface area contributed by atoms with Crippen molar-refractivity contribution < 1.29 is 33.9 Å². The summed E-state index contributed by atoms with van der Waals surface area (Å²) < 4.78 is 5.46. The molecule has 0 saturated carbocycles. The predicted octanol–water partition coefficient (Wildman–Crippen LogP) is 4.83. The van der Waals surface area contributed by atoms with Gasteiger partial charge in [-0.15, -0.1) is 0 Å². The fraction of sp³-hybridized carbons (Fsp3) is 0.179. The number of ketones is 1. The van der Waals surface area contributed by atoms with E-state index in [-0.39, 0.29) is 22.6 Å². The quantitative estimate of drug-likeness (QED) is 0.225. The topological polar surface area (TPSA) is 150 Å². The van der Waals surface area contributed by atoms with Crippen molar-refractivity contribution in [3.05, 3.63) is 94.2 Å². The molecule has 0 aliphatic carbocycles. The largest absolute Gasteiger partial charge is 0.507 e. The lowest BCUT2D eigenvalue weighted by Gasteiger charge is -2.23. The molecular weight excluding hydrogens is 526 g/mol. The van der Waals surface area contributed by atoms with E-state index >= 15 is 0 Å². The number of Topliss-reactive ketones (excluding diaryl/α,β-unsaturated/α-hetero) is 1.